The van der Waals surface area contributed by atoms with Gasteiger partial charge in [-0.3, -0.25) is 14.5 Å². The molecular formula is C21H22N2O5. The Kier molecular flexibility index (Phi) is 5.09. The fourth-order valence-corrected chi connectivity index (χ4v) is 3.25. The van der Waals surface area contributed by atoms with E-state index in [1.165, 1.54) is 14.0 Å². The van der Waals surface area contributed by atoms with Crippen LogP contribution in [-0.2, 0) is 16.9 Å². The highest BCUT2D eigenvalue weighted by atomic mass is 16.5. The molecule has 0 bridgehead atoms. The van der Waals surface area contributed by atoms with E-state index in [-0.39, 0.29) is 18.2 Å². The van der Waals surface area contributed by atoms with Crippen molar-refractivity contribution in [2.75, 3.05) is 14.2 Å². The zero-order chi connectivity index (χ0) is 20.5. The molecule has 1 fully saturated rings. The minimum atomic E-state index is -1.19. The summed E-state index contributed by atoms with van der Waals surface area (Å²) in [6.45, 7) is 3.12. The maximum Gasteiger partial charge on any atom is 0.325 e. The van der Waals surface area contributed by atoms with E-state index in [1.54, 1.807) is 56.5 Å². The molecule has 1 N–H and O–H groups in total. The maximum absolute atomic E-state index is 13.1. The van der Waals surface area contributed by atoms with Gasteiger partial charge in [0.25, 0.3) is 5.91 Å². The number of benzene rings is 2. The number of carbonyl (C=O) groups excluding carboxylic acids is 3. The number of carbonyl (C=O) groups is 3. The number of nitrogens with one attached hydrogen (secondary N) is 1. The monoisotopic (exact) mass is 382 g/mol. The maximum atomic E-state index is 13.1. The van der Waals surface area contributed by atoms with E-state index in [9.17, 15) is 14.4 Å². The van der Waals surface area contributed by atoms with E-state index in [1.807, 2.05) is 0 Å². The largest absolute Gasteiger partial charge is 0.497 e. The van der Waals surface area contributed by atoms with E-state index in [4.69, 9.17) is 9.47 Å². The third-order valence-electron chi connectivity index (χ3n) is 4.96. The number of hydrogen-bond acceptors (Lipinski definition) is 5. The molecule has 7 heteroatoms. The molecule has 7 nitrogen and oxygen atoms in total. The lowest BCUT2D eigenvalue weighted by Crippen LogP contribution is -2.40. The molecule has 1 heterocycles. The molecule has 1 aliphatic heterocycles. The summed E-state index contributed by atoms with van der Waals surface area (Å²) < 4.78 is 10.5. The van der Waals surface area contributed by atoms with Crippen molar-refractivity contribution >= 4 is 17.7 Å². The average molecular weight is 382 g/mol. The van der Waals surface area contributed by atoms with Crippen LogP contribution in [0.3, 0.4) is 0 Å². The zero-order valence-corrected chi connectivity index (χ0v) is 16.2. The number of urea groups is 1. The molecular weight excluding hydrogens is 360 g/mol. The summed E-state index contributed by atoms with van der Waals surface area (Å²) in [4.78, 5) is 38.5. The highest BCUT2D eigenvalue weighted by Crippen LogP contribution is 2.32. The second-order valence-corrected chi connectivity index (χ2v) is 6.76. The average Bonchev–Trinajstić information content (AvgIpc) is 2.91. The molecule has 1 saturated heterocycles. The number of ether oxygens (including phenoxy) is 2. The molecule has 0 aliphatic carbocycles. The fraction of sp³-hybridized carbons (Fsp3) is 0.286. The highest BCUT2D eigenvalue weighted by molar-refractivity contribution is 6.07. The lowest BCUT2D eigenvalue weighted by molar-refractivity contribution is -0.131. The highest BCUT2D eigenvalue weighted by Gasteiger charge is 2.49. The first-order valence-electron chi connectivity index (χ1n) is 8.76. The molecule has 28 heavy (non-hydrogen) atoms. The van der Waals surface area contributed by atoms with E-state index >= 15 is 0 Å². The van der Waals surface area contributed by atoms with Crippen molar-refractivity contribution in [3.05, 3.63) is 59.2 Å². The molecule has 146 valence electrons. The third kappa shape index (κ3) is 3.31. The number of nitrogens with zero attached hydrogens (tertiary/aromatic N) is 1. The standard InChI is InChI=1S/C21H22N2O5/c1-13(24)14-5-10-18(28-4)15(11-14)12-23-19(25)21(2,22-20(23)26)16-6-8-17(27-3)9-7-16/h5-11H,12H2,1-4H3,(H,22,26)/t21-/m1/s1. The van der Waals surface area contributed by atoms with Crippen LogP contribution in [-0.4, -0.2) is 36.8 Å². The smallest absolute Gasteiger partial charge is 0.325 e. The van der Waals surface area contributed by atoms with Crippen molar-refractivity contribution in [2.24, 2.45) is 0 Å². The number of Topliss-reactive ketones (excluding diaryl/α,β-unsaturated/α-hetero) is 1. The van der Waals surface area contributed by atoms with Crippen LogP contribution < -0.4 is 14.8 Å². The van der Waals surface area contributed by atoms with E-state index in [2.05, 4.69) is 5.32 Å². The fourth-order valence-electron chi connectivity index (χ4n) is 3.25. The second kappa shape index (κ2) is 7.34. The molecule has 3 amide bonds. The van der Waals surface area contributed by atoms with E-state index in [0.29, 0.717) is 28.2 Å². The van der Waals surface area contributed by atoms with Crippen molar-refractivity contribution in [1.82, 2.24) is 10.2 Å². The summed E-state index contributed by atoms with van der Waals surface area (Å²) in [5.41, 5.74) is 0.534. The Morgan fingerprint density at radius 2 is 1.75 bits per heavy atom. The van der Waals surface area contributed by atoms with Gasteiger partial charge in [0, 0.05) is 11.1 Å². The number of rotatable bonds is 6. The van der Waals surface area contributed by atoms with E-state index < -0.39 is 11.6 Å². The van der Waals surface area contributed by atoms with Gasteiger partial charge in [-0.15, -0.1) is 0 Å². The van der Waals surface area contributed by atoms with Crippen LogP contribution in [0.1, 0.15) is 35.3 Å². The number of imide groups is 1. The van der Waals surface area contributed by atoms with Crippen LogP contribution in [0.4, 0.5) is 4.79 Å². The van der Waals surface area contributed by atoms with Crippen molar-refractivity contribution < 1.29 is 23.9 Å². The predicted molar refractivity (Wildman–Crippen MR) is 102 cm³/mol. The van der Waals surface area contributed by atoms with Crippen LogP contribution in [0.25, 0.3) is 0 Å². The van der Waals surface area contributed by atoms with Gasteiger partial charge >= 0.3 is 6.03 Å². The van der Waals surface area contributed by atoms with Gasteiger partial charge in [-0.05, 0) is 49.7 Å². The predicted octanol–water partition coefficient (Wildman–Crippen LogP) is 2.87. The van der Waals surface area contributed by atoms with Gasteiger partial charge in [-0.2, -0.15) is 0 Å². The first kappa shape index (κ1) is 19.4. The first-order valence-corrected chi connectivity index (χ1v) is 8.76. The molecule has 1 atom stereocenters. The van der Waals surface area contributed by atoms with Crippen LogP contribution >= 0.6 is 0 Å². The number of methoxy groups -OCH3 is 2. The molecule has 0 spiro atoms. The Labute approximate surface area is 163 Å². The van der Waals surface area contributed by atoms with Crippen LogP contribution in [0, 0.1) is 0 Å². The molecule has 1 aliphatic rings. The molecule has 0 radical (unpaired) electrons. The minimum absolute atomic E-state index is 0.000699. The zero-order valence-electron chi connectivity index (χ0n) is 16.2. The van der Waals surface area contributed by atoms with Gasteiger partial charge in [-0.25, -0.2) is 4.79 Å². The van der Waals surface area contributed by atoms with Crippen molar-refractivity contribution in [2.45, 2.75) is 25.9 Å². The molecule has 0 unspecified atom stereocenters. The lowest BCUT2D eigenvalue weighted by atomic mass is 9.92. The van der Waals surface area contributed by atoms with Gasteiger partial charge in [0.15, 0.2) is 5.78 Å². The number of amides is 3. The molecule has 2 aromatic carbocycles. The Hall–Kier alpha value is -3.35. The van der Waals surface area contributed by atoms with Crippen LogP contribution in [0.15, 0.2) is 42.5 Å². The molecule has 2 aromatic rings. The van der Waals surface area contributed by atoms with Gasteiger partial charge in [0.1, 0.15) is 17.0 Å². The van der Waals surface area contributed by atoms with Gasteiger partial charge in [0.05, 0.1) is 20.8 Å². The van der Waals surface area contributed by atoms with Gasteiger partial charge < -0.3 is 14.8 Å². The molecule has 0 saturated carbocycles. The third-order valence-corrected chi connectivity index (χ3v) is 4.96. The van der Waals surface area contributed by atoms with Gasteiger partial charge in [-0.1, -0.05) is 12.1 Å². The van der Waals surface area contributed by atoms with Crippen molar-refractivity contribution in [1.29, 1.82) is 0 Å². The summed E-state index contributed by atoms with van der Waals surface area (Å²) >= 11 is 0. The second-order valence-electron chi connectivity index (χ2n) is 6.76. The minimum Gasteiger partial charge on any atom is -0.497 e. The first-order chi connectivity index (χ1) is 13.3. The summed E-state index contributed by atoms with van der Waals surface area (Å²) in [6, 6.07) is 11.4. The Balaban J connectivity index is 1.92. The summed E-state index contributed by atoms with van der Waals surface area (Å²) in [6.07, 6.45) is 0. The molecule has 0 aromatic heterocycles. The Bertz CT molecular complexity index is 938. The van der Waals surface area contributed by atoms with Crippen molar-refractivity contribution in [3.63, 3.8) is 0 Å². The lowest BCUT2D eigenvalue weighted by Gasteiger charge is -2.22. The van der Waals surface area contributed by atoms with Gasteiger partial charge in [0.2, 0.25) is 0 Å². The topological polar surface area (TPSA) is 84.9 Å². The van der Waals surface area contributed by atoms with Crippen LogP contribution in [0.5, 0.6) is 11.5 Å². The summed E-state index contributed by atoms with van der Waals surface area (Å²) in [5.74, 6) is 0.678. The summed E-state index contributed by atoms with van der Waals surface area (Å²) in [7, 11) is 3.06. The Morgan fingerprint density at radius 1 is 1.07 bits per heavy atom. The quantitative estimate of drug-likeness (QED) is 0.613. The molecule has 3 rings (SSSR count). The van der Waals surface area contributed by atoms with E-state index in [0.717, 1.165) is 4.90 Å². The number of ketones is 1. The van der Waals surface area contributed by atoms with Crippen molar-refractivity contribution in [3.8, 4) is 11.5 Å². The SMILES string of the molecule is COc1ccc([C@@]2(C)NC(=O)N(Cc3cc(C(C)=O)ccc3OC)C2=O)cc1. The Morgan fingerprint density at radius 3 is 2.32 bits per heavy atom. The van der Waals surface area contributed by atoms with Crippen LogP contribution in [0.2, 0.25) is 0 Å². The number of hydrogen-bond donors (Lipinski definition) is 1. The normalized spacial score (nSPS) is 18.8. The summed E-state index contributed by atoms with van der Waals surface area (Å²) in [5, 5.41) is 2.77.